The van der Waals surface area contributed by atoms with Gasteiger partial charge in [-0.2, -0.15) is 5.10 Å². The maximum Gasteiger partial charge on any atom is 0.0969 e. The molecule has 0 amide bonds. The molecule has 2 aromatic heterocycles. The molecule has 0 N–H and O–H groups in total. The van der Waals surface area contributed by atoms with Gasteiger partial charge in [-0.15, -0.1) is 0 Å². The molecule has 23 heavy (non-hydrogen) atoms. The smallest absolute Gasteiger partial charge is 0.0969 e. The molecule has 0 spiro atoms. The van der Waals surface area contributed by atoms with Crippen LogP contribution >= 0.6 is 0 Å². The maximum atomic E-state index is 5.55. The maximum absolute atomic E-state index is 5.55. The molecule has 1 aliphatic rings. The minimum absolute atomic E-state index is 0.274. The van der Waals surface area contributed by atoms with E-state index in [1.807, 2.05) is 23.9 Å². The van der Waals surface area contributed by atoms with Crippen molar-refractivity contribution in [1.82, 2.24) is 19.7 Å². The Kier molecular flexibility index (Phi) is 5.05. The Morgan fingerprint density at radius 1 is 1.26 bits per heavy atom. The lowest BCUT2D eigenvalue weighted by molar-refractivity contribution is 0.106. The van der Waals surface area contributed by atoms with Crippen LogP contribution < -0.4 is 0 Å². The average molecular weight is 316 g/mol. The Bertz CT molecular complexity index is 629. The van der Waals surface area contributed by atoms with Crippen molar-refractivity contribution in [3.05, 3.63) is 36.3 Å². The number of methoxy groups -OCH3 is 2. The molecule has 0 aliphatic carbocycles. The van der Waals surface area contributed by atoms with Gasteiger partial charge in [0.05, 0.1) is 18.4 Å². The van der Waals surface area contributed by atoms with Crippen LogP contribution in [0.25, 0.3) is 11.3 Å². The number of hydrogen-bond acceptors (Lipinski definition) is 5. The molecule has 0 radical (unpaired) electrons. The first-order chi connectivity index (χ1) is 11.2. The van der Waals surface area contributed by atoms with E-state index in [9.17, 15) is 0 Å². The van der Waals surface area contributed by atoms with Crippen LogP contribution in [-0.2, 0) is 23.1 Å². The summed E-state index contributed by atoms with van der Waals surface area (Å²) < 4.78 is 12.8. The van der Waals surface area contributed by atoms with E-state index in [2.05, 4.69) is 21.2 Å². The van der Waals surface area contributed by atoms with Gasteiger partial charge in [-0.1, -0.05) is 0 Å². The average Bonchev–Trinajstić information content (AvgIpc) is 3.12. The Morgan fingerprint density at radius 2 is 2.04 bits per heavy atom. The van der Waals surface area contributed by atoms with Gasteiger partial charge in [-0.3, -0.25) is 14.6 Å². The van der Waals surface area contributed by atoms with Gasteiger partial charge in [0.15, 0.2) is 0 Å². The van der Waals surface area contributed by atoms with Crippen molar-refractivity contribution in [2.75, 3.05) is 27.4 Å². The first-order valence-electron chi connectivity index (χ1n) is 7.90. The van der Waals surface area contributed by atoms with Crippen molar-refractivity contribution in [3.63, 3.8) is 0 Å². The summed E-state index contributed by atoms with van der Waals surface area (Å²) in [6.45, 7) is 2.50. The largest absolute Gasteiger partial charge is 0.383 e. The lowest BCUT2D eigenvalue weighted by atomic mass is 10.1. The molecule has 1 aliphatic heterocycles. The third-order valence-electron chi connectivity index (χ3n) is 4.41. The molecular formula is C17H24N4O2. The number of hydrogen-bond donors (Lipinski definition) is 0. The van der Waals surface area contributed by atoms with Gasteiger partial charge in [0.1, 0.15) is 0 Å². The topological polar surface area (TPSA) is 52.4 Å². The minimum Gasteiger partial charge on any atom is -0.383 e. The third kappa shape index (κ3) is 3.60. The van der Waals surface area contributed by atoms with Crippen LogP contribution in [-0.4, -0.2) is 59.2 Å². The van der Waals surface area contributed by atoms with Gasteiger partial charge in [0, 0.05) is 70.1 Å². The molecule has 3 rings (SSSR count). The number of nitrogens with zero attached hydrogens (tertiary/aromatic N) is 4. The lowest BCUT2D eigenvalue weighted by Gasteiger charge is -2.23. The van der Waals surface area contributed by atoms with Gasteiger partial charge in [0.25, 0.3) is 0 Å². The molecule has 0 bridgehead atoms. The van der Waals surface area contributed by atoms with E-state index >= 15 is 0 Å². The zero-order valence-corrected chi connectivity index (χ0v) is 14.0. The first kappa shape index (κ1) is 16.1. The summed E-state index contributed by atoms with van der Waals surface area (Å²) in [5.41, 5.74) is 3.34. The van der Waals surface area contributed by atoms with Crippen molar-refractivity contribution < 1.29 is 9.47 Å². The van der Waals surface area contributed by atoms with E-state index < -0.39 is 0 Å². The normalized spacial score (nSPS) is 21.9. The Balaban J connectivity index is 1.82. The van der Waals surface area contributed by atoms with Gasteiger partial charge in [0.2, 0.25) is 0 Å². The van der Waals surface area contributed by atoms with Crippen LogP contribution in [0.2, 0.25) is 0 Å². The predicted octanol–water partition coefficient (Wildman–Crippen LogP) is 1.72. The molecule has 0 unspecified atom stereocenters. The molecule has 2 atom stereocenters. The quantitative estimate of drug-likeness (QED) is 0.812. The summed E-state index contributed by atoms with van der Waals surface area (Å²) in [6.07, 6.45) is 6.99. The highest BCUT2D eigenvalue weighted by atomic mass is 16.5. The standard InChI is InChI=1S/C17H24N4O2/c1-20-9-14(17(19-20)13-4-6-18-7-5-13)10-21-11-16(23-3)8-15(21)12-22-2/h4-7,9,15-16H,8,10-12H2,1-3H3/t15-,16-/m0/s1. The van der Waals surface area contributed by atoms with E-state index in [1.54, 1.807) is 26.6 Å². The summed E-state index contributed by atoms with van der Waals surface area (Å²) in [5.74, 6) is 0. The van der Waals surface area contributed by atoms with Gasteiger partial charge in [-0.25, -0.2) is 0 Å². The van der Waals surface area contributed by atoms with Gasteiger partial charge >= 0.3 is 0 Å². The first-order valence-corrected chi connectivity index (χ1v) is 7.90. The van der Waals surface area contributed by atoms with Crippen LogP contribution in [0.15, 0.2) is 30.7 Å². The highest BCUT2D eigenvalue weighted by molar-refractivity contribution is 5.61. The van der Waals surface area contributed by atoms with Gasteiger partial charge in [-0.05, 0) is 18.6 Å². The van der Waals surface area contributed by atoms with Crippen molar-refractivity contribution in [2.24, 2.45) is 7.05 Å². The predicted molar refractivity (Wildman–Crippen MR) is 87.9 cm³/mol. The number of pyridine rings is 1. The summed E-state index contributed by atoms with van der Waals surface area (Å²) in [6, 6.07) is 4.39. The summed E-state index contributed by atoms with van der Waals surface area (Å²) in [7, 11) is 5.50. The van der Waals surface area contributed by atoms with E-state index in [0.717, 1.165) is 37.4 Å². The molecule has 1 saturated heterocycles. The third-order valence-corrected chi connectivity index (χ3v) is 4.41. The van der Waals surface area contributed by atoms with Crippen LogP contribution in [0.5, 0.6) is 0 Å². The van der Waals surface area contributed by atoms with Gasteiger partial charge < -0.3 is 9.47 Å². The molecule has 0 aromatic carbocycles. The summed E-state index contributed by atoms with van der Waals surface area (Å²) in [5, 5.41) is 4.63. The molecular weight excluding hydrogens is 292 g/mol. The number of likely N-dealkylation sites (tertiary alicyclic amines) is 1. The van der Waals surface area contributed by atoms with Crippen molar-refractivity contribution in [3.8, 4) is 11.3 Å². The highest BCUT2D eigenvalue weighted by Crippen LogP contribution is 2.27. The summed E-state index contributed by atoms with van der Waals surface area (Å²) >= 11 is 0. The molecule has 3 heterocycles. The zero-order valence-electron chi connectivity index (χ0n) is 14.0. The van der Waals surface area contributed by atoms with Crippen LogP contribution in [0, 0.1) is 0 Å². The molecule has 0 saturated carbocycles. The second-order valence-corrected chi connectivity index (χ2v) is 6.04. The lowest BCUT2D eigenvalue weighted by Crippen LogP contribution is -2.32. The molecule has 124 valence electrons. The van der Waals surface area contributed by atoms with Crippen molar-refractivity contribution in [2.45, 2.75) is 25.1 Å². The fourth-order valence-electron chi connectivity index (χ4n) is 3.29. The van der Waals surface area contributed by atoms with E-state index in [0.29, 0.717) is 6.04 Å². The number of ether oxygens (including phenoxy) is 2. The molecule has 6 nitrogen and oxygen atoms in total. The second-order valence-electron chi connectivity index (χ2n) is 6.04. The van der Waals surface area contributed by atoms with Crippen LogP contribution in [0.3, 0.4) is 0 Å². The molecule has 1 fully saturated rings. The number of aromatic nitrogens is 3. The van der Waals surface area contributed by atoms with Crippen molar-refractivity contribution in [1.29, 1.82) is 0 Å². The monoisotopic (exact) mass is 316 g/mol. The fourth-order valence-corrected chi connectivity index (χ4v) is 3.29. The Labute approximate surface area is 137 Å². The second kappa shape index (κ2) is 7.21. The van der Waals surface area contributed by atoms with Crippen LogP contribution in [0.4, 0.5) is 0 Å². The van der Waals surface area contributed by atoms with E-state index in [4.69, 9.17) is 9.47 Å². The zero-order chi connectivity index (χ0) is 16.2. The van der Waals surface area contributed by atoms with E-state index in [1.165, 1.54) is 5.56 Å². The minimum atomic E-state index is 0.274. The van der Waals surface area contributed by atoms with Crippen molar-refractivity contribution >= 4 is 0 Å². The van der Waals surface area contributed by atoms with Crippen LogP contribution in [0.1, 0.15) is 12.0 Å². The SMILES string of the molecule is COC[C@@H]1C[C@H](OC)CN1Cc1cn(C)nc1-c1ccncc1. The Morgan fingerprint density at radius 3 is 2.74 bits per heavy atom. The molecule has 2 aromatic rings. The number of aryl methyl sites for hydroxylation is 1. The molecule has 6 heteroatoms. The number of rotatable bonds is 6. The fraction of sp³-hybridized carbons (Fsp3) is 0.529. The highest BCUT2D eigenvalue weighted by Gasteiger charge is 2.32. The Hall–Kier alpha value is -1.76. The summed E-state index contributed by atoms with van der Waals surface area (Å²) in [4.78, 5) is 6.52. The van der Waals surface area contributed by atoms with E-state index in [-0.39, 0.29) is 6.10 Å².